The molecule has 84 heavy (non-hydrogen) atoms. The highest BCUT2D eigenvalue weighted by molar-refractivity contribution is 6.82. The van der Waals surface area contributed by atoms with E-state index in [1.54, 1.807) is 0 Å². The van der Waals surface area contributed by atoms with Crippen molar-refractivity contribution in [2.45, 2.75) is 22.9 Å². The van der Waals surface area contributed by atoms with Gasteiger partial charge < -0.3 is 18.9 Å². The number of hydrogen-bond acceptors (Lipinski definition) is 10. The fourth-order valence-electron chi connectivity index (χ4n) is 27.1. The third-order valence-corrected chi connectivity index (χ3v) is 27.6. The summed E-state index contributed by atoms with van der Waals surface area (Å²) in [4.78, 5) is 63.8. The molecule has 28 aromatic rings. The standard InChI is InChI=1S/C74H22N2O8/c1-81-10(77)6-75(7-11(78)82-2)5-9-73-67-59-51-41-31-23-15-13-14-17-21-19(15)27-35-29(21)39-33-25(17)26-18(14)22-20-16(13)24(23)32-38-28(20)36-30(22)40-34(26)44-43(33)53-47(39)57-49(35)55(45(51)37(27)31)61(67)63(57)69-65(53)66-54(44)48(40)58-50(36)56-46(38)52(42(32)41)60(59)68(73)62(56)64(58)70(66)74(69,73)71(72(80)84-4)76(9)8-12(79)83-3/h9,71H,5-8H2,1-4H3. The lowest BCUT2D eigenvalue weighted by molar-refractivity contribution is -0.152. The summed E-state index contributed by atoms with van der Waals surface area (Å²) in [6, 6.07) is -1.77. The number of methoxy groups -OCH3 is 4. The highest BCUT2D eigenvalue weighted by Crippen LogP contribution is 2.86. The molecule has 33 rings (SSSR count). The van der Waals surface area contributed by atoms with E-state index in [0.717, 1.165) is 0 Å². The summed E-state index contributed by atoms with van der Waals surface area (Å²) in [6.45, 7) is -0.530. The quantitative estimate of drug-likeness (QED) is 0.0787. The Morgan fingerprint density at radius 3 is 0.702 bits per heavy atom. The SMILES string of the molecule is COC(=O)CN(CC(=O)OC)CC1N(CC(=O)OC)C(C(=O)OC)C23c4c5c6c7c8c9c(c%10c%11c2c2c4c4c%12c5c5c6c6c8c8c%13c9c9c%10c%10c%11c%11c2c2c4c4c%12c%12c5c5c6c8c6c8c%13c9c9c%10c%10c%11c2c2c4c4c%12c5c6c5c8c9c%10c2c45)C713. The van der Waals surface area contributed by atoms with Crippen molar-refractivity contribution in [1.82, 2.24) is 9.80 Å². The smallest absolute Gasteiger partial charge is 0.324 e. The molecule has 2 atom stereocenters. The Labute approximate surface area is 460 Å². The van der Waals surface area contributed by atoms with E-state index in [-0.39, 0.29) is 26.2 Å². The van der Waals surface area contributed by atoms with Gasteiger partial charge in [0.25, 0.3) is 0 Å². The Morgan fingerprint density at radius 2 is 0.500 bits per heavy atom. The van der Waals surface area contributed by atoms with Crippen molar-refractivity contribution < 1.29 is 38.1 Å². The number of benzene rings is 18. The zero-order valence-electron chi connectivity index (χ0n) is 44.1. The topological polar surface area (TPSA) is 112 Å². The van der Waals surface area contributed by atoms with Crippen LogP contribution in [0.3, 0.4) is 0 Å². The average Bonchev–Trinajstić information content (AvgIpc) is 1.38. The molecule has 0 amide bonds. The third kappa shape index (κ3) is 2.17. The number of rotatable bonds is 9. The third-order valence-electron chi connectivity index (χ3n) is 27.6. The Hall–Kier alpha value is -9.74. The van der Waals surface area contributed by atoms with Crippen molar-refractivity contribution in [3.8, 4) is 0 Å². The maximum absolute atomic E-state index is 16.7. The molecule has 1 heterocycles. The van der Waals surface area contributed by atoms with Crippen LogP contribution in [0.15, 0.2) is 0 Å². The van der Waals surface area contributed by atoms with Gasteiger partial charge in [0.1, 0.15) is 6.04 Å². The average molecular weight is 1070 g/mol. The normalized spacial score (nSPS) is 22.6. The van der Waals surface area contributed by atoms with Crippen molar-refractivity contribution in [3.63, 3.8) is 0 Å². The van der Waals surface area contributed by atoms with Crippen LogP contribution in [-0.4, -0.2) is 100 Å². The van der Waals surface area contributed by atoms with E-state index < -0.39 is 46.8 Å². The zero-order chi connectivity index (χ0) is 52.8. The van der Waals surface area contributed by atoms with Gasteiger partial charge in [0.05, 0.1) is 58.9 Å². The summed E-state index contributed by atoms with van der Waals surface area (Å²) in [7, 11) is 5.75. The monoisotopic (exact) mass is 1070 g/mol. The Morgan fingerprint density at radius 1 is 0.298 bits per heavy atom. The maximum Gasteiger partial charge on any atom is 0.324 e. The lowest BCUT2D eigenvalue weighted by Gasteiger charge is -2.53. The molecular weight excluding hydrogens is 1040 g/mol. The van der Waals surface area contributed by atoms with E-state index in [0.29, 0.717) is 0 Å². The summed E-state index contributed by atoms with van der Waals surface area (Å²) in [5, 5.41) is 77.1. The molecule has 4 aliphatic carbocycles. The van der Waals surface area contributed by atoms with E-state index in [9.17, 15) is 14.4 Å². The highest BCUT2D eigenvalue weighted by Gasteiger charge is 2.81. The van der Waals surface area contributed by atoms with Crippen LogP contribution in [0, 0.1) is 0 Å². The van der Waals surface area contributed by atoms with Gasteiger partial charge in [-0.25, -0.2) is 0 Å². The summed E-state index contributed by atoms with van der Waals surface area (Å²) in [5.74, 6) is -1.85. The number of carbonyl (C=O) groups is 4. The molecular formula is C74H22N2O8. The summed E-state index contributed by atoms with van der Waals surface area (Å²) in [6.07, 6.45) is 0. The minimum atomic E-state index is -1.19. The van der Waals surface area contributed by atoms with Crippen LogP contribution in [0.1, 0.15) is 22.3 Å². The van der Waals surface area contributed by atoms with Gasteiger partial charge in [-0.05, 0) is 313 Å². The number of nitrogens with zero attached hydrogens (tertiary/aromatic N) is 2. The molecule has 1 aliphatic heterocycles. The van der Waals surface area contributed by atoms with Crippen LogP contribution in [0.25, 0.3) is 291 Å². The Kier molecular flexibility index (Phi) is 3.78. The van der Waals surface area contributed by atoms with Crippen LogP contribution in [0.5, 0.6) is 0 Å². The second-order valence-electron chi connectivity index (χ2n) is 28.4. The van der Waals surface area contributed by atoms with Gasteiger partial charge in [0, 0.05) is 12.6 Å². The molecule has 376 valence electrons. The maximum atomic E-state index is 16.7. The van der Waals surface area contributed by atoms with Gasteiger partial charge in [0.15, 0.2) is 0 Å². The summed E-state index contributed by atoms with van der Waals surface area (Å²) >= 11 is 0. The van der Waals surface area contributed by atoms with Crippen LogP contribution in [-0.2, 0) is 49.0 Å². The van der Waals surface area contributed by atoms with Crippen molar-refractivity contribution >= 4 is 315 Å². The molecule has 10 heteroatoms. The molecule has 2 spiro atoms. The van der Waals surface area contributed by atoms with Gasteiger partial charge in [-0.15, -0.1) is 0 Å². The number of ether oxygens (including phenoxy) is 4. The summed E-state index contributed by atoms with van der Waals surface area (Å²) < 4.78 is 23.2. The lowest BCUT2D eigenvalue weighted by Crippen LogP contribution is -2.59. The van der Waals surface area contributed by atoms with Gasteiger partial charge in [0.2, 0.25) is 0 Å². The predicted molar refractivity (Wildman–Crippen MR) is 333 cm³/mol. The molecule has 5 aliphatic rings. The molecule has 0 radical (unpaired) electrons. The first-order chi connectivity index (χ1) is 41.4. The number of hydrogen-bond donors (Lipinski definition) is 0. The fraction of sp³-hybridized carbons (Fsp3) is 0.162. The molecule has 0 bridgehead atoms. The molecule has 1 fully saturated rings. The molecule has 1 saturated heterocycles. The van der Waals surface area contributed by atoms with Crippen molar-refractivity contribution in [2.24, 2.45) is 0 Å². The van der Waals surface area contributed by atoms with E-state index in [2.05, 4.69) is 4.90 Å². The second kappa shape index (κ2) is 8.82. The second-order valence-corrected chi connectivity index (χ2v) is 28.4. The highest BCUT2D eigenvalue weighted by atomic mass is 16.5. The Balaban J connectivity index is 1.03. The largest absolute Gasteiger partial charge is 0.468 e. The van der Waals surface area contributed by atoms with E-state index in [4.69, 9.17) is 18.9 Å². The number of likely N-dealkylation sites (tertiary alicyclic amines) is 1. The van der Waals surface area contributed by atoms with Crippen molar-refractivity contribution in [3.05, 3.63) is 22.3 Å². The first-order valence-corrected chi connectivity index (χ1v) is 29.9. The van der Waals surface area contributed by atoms with Crippen LogP contribution >= 0.6 is 0 Å². The van der Waals surface area contributed by atoms with E-state index in [1.807, 2.05) is 4.90 Å². The molecule has 0 N–H and O–H groups in total. The van der Waals surface area contributed by atoms with Gasteiger partial charge in [-0.3, -0.25) is 29.0 Å². The minimum absolute atomic E-state index is 0.119. The van der Waals surface area contributed by atoms with E-state index in [1.165, 1.54) is 342 Å². The molecule has 0 saturated carbocycles. The first kappa shape index (κ1) is 36.0. The molecule has 10 nitrogen and oxygen atoms in total. The predicted octanol–water partition coefficient (Wildman–Crippen LogP) is 14.3. The fourth-order valence-corrected chi connectivity index (χ4v) is 27.1. The van der Waals surface area contributed by atoms with Gasteiger partial charge >= 0.3 is 23.9 Å². The van der Waals surface area contributed by atoms with Gasteiger partial charge in [-0.2, -0.15) is 0 Å². The zero-order valence-corrected chi connectivity index (χ0v) is 44.1. The van der Waals surface area contributed by atoms with E-state index >= 15 is 4.79 Å². The van der Waals surface area contributed by atoms with Gasteiger partial charge in [-0.1, -0.05) is 0 Å². The lowest BCUT2D eigenvalue weighted by atomic mass is 9.46. The van der Waals surface area contributed by atoms with Crippen LogP contribution < -0.4 is 0 Å². The van der Waals surface area contributed by atoms with Crippen LogP contribution in [0.4, 0.5) is 0 Å². The molecule has 2 unspecified atom stereocenters. The van der Waals surface area contributed by atoms with Crippen molar-refractivity contribution in [2.75, 3.05) is 54.6 Å². The number of esters is 4. The summed E-state index contributed by atoms with van der Waals surface area (Å²) in [5.41, 5.74) is 2.73. The minimum Gasteiger partial charge on any atom is -0.468 e. The number of carbonyl (C=O) groups excluding carboxylic acids is 4. The van der Waals surface area contributed by atoms with Crippen LogP contribution in [0.2, 0.25) is 0 Å². The first-order valence-electron chi connectivity index (χ1n) is 29.9. The Bertz CT molecular complexity index is 7580. The van der Waals surface area contributed by atoms with Crippen molar-refractivity contribution in [1.29, 1.82) is 0 Å². The molecule has 28 aromatic carbocycles. The molecule has 0 aromatic heterocycles.